The van der Waals surface area contributed by atoms with Crippen LogP contribution in [0.15, 0.2) is 11.6 Å². The minimum absolute atomic E-state index is 0.406. The van der Waals surface area contributed by atoms with Crippen molar-refractivity contribution in [3.63, 3.8) is 0 Å². The van der Waals surface area contributed by atoms with E-state index in [1.165, 1.54) is 7.11 Å². The molecule has 1 rings (SSSR count). The second-order valence-electron chi connectivity index (χ2n) is 3.79. The number of allylic oxidation sites excluding steroid dienone is 1. The van der Waals surface area contributed by atoms with Crippen LogP contribution in [0.4, 0.5) is 0 Å². The quantitative estimate of drug-likeness (QED) is 0.543. The largest absolute Gasteiger partial charge is 0.466 e. The average Bonchev–Trinajstić information content (AvgIpc) is 2.19. The van der Waals surface area contributed by atoms with Crippen molar-refractivity contribution in [3.8, 4) is 0 Å². The first-order chi connectivity index (χ1) is 6.64. The van der Waals surface area contributed by atoms with Crippen LogP contribution in [0.25, 0.3) is 0 Å². The molecule has 80 valence electrons. The number of esters is 1. The van der Waals surface area contributed by atoms with Crippen LogP contribution in [0, 0.1) is 0 Å². The molecule has 0 heterocycles. The van der Waals surface area contributed by atoms with Gasteiger partial charge in [-0.05, 0) is 19.8 Å². The molecule has 0 aliphatic heterocycles. The Balaban J connectivity index is 2.82. The van der Waals surface area contributed by atoms with Gasteiger partial charge in [-0.2, -0.15) is 0 Å². The summed E-state index contributed by atoms with van der Waals surface area (Å²) in [6, 6.07) is 0. The van der Waals surface area contributed by atoms with Crippen molar-refractivity contribution in [2.45, 2.75) is 44.6 Å². The summed E-state index contributed by atoms with van der Waals surface area (Å²) >= 11 is 0. The molecule has 0 aromatic rings. The molecule has 1 N–H and O–H groups in total. The number of hydrogen-bond donors (Lipinski definition) is 1. The number of carbonyl (C=O) groups is 1. The highest BCUT2D eigenvalue weighted by molar-refractivity contribution is 5.90. The monoisotopic (exact) mass is 198 g/mol. The first-order valence-corrected chi connectivity index (χ1v) is 5.11. The molecule has 1 aliphatic carbocycles. The van der Waals surface area contributed by atoms with Gasteiger partial charge in [0.15, 0.2) is 0 Å². The fourth-order valence-corrected chi connectivity index (χ4v) is 2.09. The van der Waals surface area contributed by atoms with Crippen molar-refractivity contribution in [3.05, 3.63) is 11.6 Å². The van der Waals surface area contributed by atoms with Crippen molar-refractivity contribution in [2.75, 3.05) is 7.11 Å². The van der Waals surface area contributed by atoms with Crippen molar-refractivity contribution >= 4 is 5.97 Å². The molecule has 3 nitrogen and oxygen atoms in total. The van der Waals surface area contributed by atoms with Crippen LogP contribution in [0.2, 0.25) is 0 Å². The van der Waals surface area contributed by atoms with Crippen LogP contribution in [-0.2, 0) is 9.53 Å². The molecular weight excluding hydrogens is 180 g/mol. The summed E-state index contributed by atoms with van der Waals surface area (Å²) in [7, 11) is 1.35. The van der Waals surface area contributed by atoms with Crippen LogP contribution >= 0.6 is 0 Å². The number of hydrogen-bond acceptors (Lipinski definition) is 3. The average molecular weight is 198 g/mol. The van der Waals surface area contributed by atoms with Gasteiger partial charge in [0.25, 0.3) is 0 Å². The molecule has 0 amide bonds. The van der Waals surface area contributed by atoms with E-state index >= 15 is 0 Å². The molecule has 0 atom stereocenters. The Morgan fingerprint density at radius 1 is 1.36 bits per heavy atom. The number of carbonyl (C=O) groups excluding carboxylic acids is 1. The maximum Gasteiger partial charge on any atom is 0.336 e. The summed E-state index contributed by atoms with van der Waals surface area (Å²) in [5.41, 5.74) is -0.528. The van der Waals surface area contributed by atoms with Gasteiger partial charge in [0, 0.05) is 0 Å². The summed E-state index contributed by atoms with van der Waals surface area (Å²) in [5.74, 6) is -0.406. The maximum atomic E-state index is 11.4. The summed E-state index contributed by atoms with van der Waals surface area (Å²) < 4.78 is 4.65. The Morgan fingerprint density at radius 3 is 2.36 bits per heavy atom. The van der Waals surface area contributed by atoms with E-state index in [2.05, 4.69) is 4.74 Å². The standard InChI is InChI=1S/C11H18O3/c1-3-9(10(12)14-2)11(13)7-5-4-6-8-11/h3,13H,4-8H2,1-2H3. The molecule has 0 radical (unpaired) electrons. The smallest absolute Gasteiger partial charge is 0.336 e. The molecule has 0 saturated heterocycles. The predicted octanol–water partition coefficient (Wildman–Crippen LogP) is 1.80. The molecule has 0 aromatic carbocycles. The summed E-state index contributed by atoms with van der Waals surface area (Å²) in [4.78, 5) is 11.4. The van der Waals surface area contributed by atoms with Gasteiger partial charge in [-0.1, -0.05) is 25.3 Å². The van der Waals surface area contributed by atoms with Crippen LogP contribution in [0.5, 0.6) is 0 Å². The first-order valence-electron chi connectivity index (χ1n) is 5.11. The zero-order valence-electron chi connectivity index (χ0n) is 8.88. The van der Waals surface area contributed by atoms with Crippen molar-refractivity contribution in [1.82, 2.24) is 0 Å². The van der Waals surface area contributed by atoms with Gasteiger partial charge < -0.3 is 9.84 Å². The number of rotatable bonds is 2. The molecule has 3 heteroatoms. The van der Waals surface area contributed by atoms with Gasteiger partial charge in [0.2, 0.25) is 0 Å². The Morgan fingerprint density at radius 2 is 1.93 bits per heavy atom. The second-order valence-corrected chi connectivity index (χ2v) is 3.79. The SMILES string of the molecule is CC=C(C(=O)OC)C1(O)CCCCC1. The van der Waals surface area contributed by atoms with Gasteiger partial charge in [0.05, 0.1) is 18.3 Å². The van der Waals surface area contributed by atoms with Crippen LogP contribution in [0.3, 0.4) is 0 Å². The van der Waals surface area contributed by atoms with E-state index in [0.29, 0.717) is 18.4 Å². The van der Waals surface area contributed by atoms with E-state index < -0.39 is 11.6 Å². The van der Waals surface area contributed by atoms with Crippen LogP contribution in [-0.4, -0.2) is 23.8 Å². The van der Waals surface area contributed by atoms with Gasteiger partial charge >= 0.3 is 5.97 Å². The highest BCUT2D eigenvalue weighted by atomic mass is 16.5. The number of methoxy groups -OCH3 is 1. The third-order valence-electron chi connectivity index (χ3n) is 2.88. The molecule has 0 spiro atoms. The summed E-state index contributed by atoms with van der Waals surface area (Å²) in [6.45, 7) is 1.76. The third kappa shape index (κ3) is 2.15. The second kappa shape index (κ2) is 4.60. The van der Waals surface area contributed by atoms with E-state index in [1.54, 1.807) is 13.0 Å². The molecule has 0 unspecified atom stereocenters. The molecule has 0 aromatic heterocycles. The Kier molecular flexibility index (Phi) is 3.69. The van der Waals surface area contributed by atoms with E-state index in [0.717, 1.165) is 19.3 Å². The Labute approximate surface area is 84.8 Å². The minimum Gasteiger partial charge on any atom is -0.466 e. The number of aliphatic hydroxyl groups is 1. The molecule has 1 fully saturated rings. The number of ether oxygens (including phenoxy) is 1. The zero-order chi connectivity index (χ0) is 10.6. The topological polar surface area (TPSA) is 46.5 Å². The van der Waals surface area contributed by atoms with Crippen LogP contribution < -0.4 is 0 Å². The van der Waals surface area contributed by atoms with Gasteiger partial charge in [-0.15, -0.1) is 0 Å². The molecule has 1 saturated carbocycles. The van der Waals surface area contributed by atoms with Gasteiger partial charge in [-0.25, -0.2) is 4.79 Å². The lowest BCUT2D eigenvalue weighted by atomic mass is 9.79. The van der Waals surface area contributed by atoms with Crippen molar-refractivity contribution < 1.29 is 14.6 Å². The molecular formula is C11H18O3. The summed E-state index contributed by atoms with van der Waals surface area (Å²) in [6.07, 6.45) is 6.09. The van der Waals surface area contributed by atoms with Gasteiger partial charge in [-0.3, -0.25) is 0 Å². The Bertz CT molecular complexity index is 237. The lowest BCUT2D eigenvalue weighted by Crippen LogP contribution is -2.37. The minimum atomic E-state index is -0.944. The molecule has 0 bridgehead atoms. The fraction of sp³-hybridized carbons (Fsp3) is 0.727. The highest BCUT2D eigenvalue weighted by Crippen LogP contribution is 2.34. The lowest BCUT2D eigenvalue weighted by molar-refractivity contribution is -0.139. The first kappa shape index (κ1) is 11.2. The molecule has 1 aliphatic rings. The van der Waals surface area contributed by atoms with Crippen LogP contribution in [0.1, 0.15) is 39.0 Å². The van der Waals surface area contributed by atoms with E-state index in [-0.39, 0.29) is 0 Å². The lowest BCUT2D eigenvalue weighted by Gasteiger charge is -2.32. The predicted molar refractivity (Wildman–Crippen MR) is 53.8 cm³/mol. The maximum absolute atomic E-state index is 11.4. The van der Waals surface area contributed by atoms with E-state index in [4.69, 9.17) is 0 Å². The van der Waals surface area contributed by atoms with E-state index in [9.17, 15) is 9.90 Å². The zero-order valence-corrected chi connectivity index (χ0v) is 8.88. The van der Waals surface area contributed by atoms with E-state index in [1.807, 2.05) is 0 Å². The fourth-order valence-electron chi connectivity index (χ4n) is 2.09. The normalized spacial score (nSPS) is 21.8. The third-order valence-corrected chi connectivity index (χ3v) is 2.88. The highest BCUT2D eigenvalue weighted by Gasteiger charge is 2.36. The Hall–Kier alpha value is -0.830. The van der Waals surface area contributed by atoms with Crippen molar-refractivity contribution in [2.24, 2.45) is 0 Å². The van der Waals surface area contributed by atoms with Crippen molar-refractivity contribution in [1.29, 1.82) is 0 Å². The molecule has 14 heavy (non-hydrogen) atoms. The van der Waals surface area contributed by atoms with Gasteiger partial charge in [0.1, 0.15) is 0 Å². The summed E-state index contributed by atoms with van der Waals surface area (Å²) in [5, 5.41) is 10.3.